The van der Waals surface area contributed by atoms with E-state index in [2.05, 4.69) is 28.0 Å². The minimum absolute atomic E-state index is 0.748. The quantitative estimate of drug-likeness (QED) is 0.887. The average molecular weight is 305 g/mol. The maximum absolute atomic E-state index is 3.90. The predicted octanol–water partition coefficient (Wildman–Crippen LogP) is 3.64. The van der Waals surface area contributed by atoms with Gasteiger partial charge in [-0.15, -0.1) is 11.3 Å². The lowest BCUT2D eigenvalue weighted by atomic mass is 9.88. The Kier molecular flexibility index (Phi) is 4.33. The van der Waals surface area contributed by atoms with Crippen LogP contribution in [0.15, 0.2) is 6.07 Å². The van der Waals surface area contributed by atoms with Gasteiger partial charge in [-0.1, -0.05) is 12.8 Å². The molecule has 0 aromatic carbocycles. The highest BCUT2D eigenvalue weighted by Gasteiger charge is 2.33. The van der Waals surface area contributed by atoms with Gasteiger partial charge in [-0.25, -0.2) is 0 Å². The first-order chi connectivity index (χ1) is 10.4. The molecule has 0 amide bonds. The molecule has 116 valence electrons. The molecule has 2 heterocycles. The van der Waals surface area contributed by atoms with Gasteiger partial charge in [0.2, 0.25) is 0 Å². The summed E-state index contributed by atoms with van der Waals surface area (Å²) in [4.78, 5) is 3.24. The lowest BCUT2D eigenvalue weighted by molar-refractivity contribution is 0.257. The molecule has 3 aliphatic rings. The van der Waals surface area contributed by atoms with Gasteiger partial charge in [0.15, 0.2) is 0 Å². The molecule has 0 bridgehead atoms. The van der Waals surface area contributed by atoms with Gasteiger partial charge in [0, 0.05) is 28.4 Å². The molecule has 0 spiro atoms. The van der Waals surface area contributed by atoms with E-state index in [1.165, 1.54) is 64.3 Å². The minimum Gasteiger partial charge on any atom is -0.314 e. The van der Waals surface area contributed by atoms with Crippen LogP contribution >= 0.6 is 11.3 Å². The first-order valence-electron chi connectivity index (χ1n) is 8.97. The molecular formula is C18H28N2S. The summed E-state index contributed by atoms with van der Waals surface area (Å²) in [5, 5.41) is 7.69. The highest BCUT2D eigenvalue weighted by Crippen LogP contribution is 2.33. The van der Waals surface area contributed by atoms with Crippen molar-refractivity contribution in [1.82, 2.24) is 10.6 Å². The number of thiophene rings is 1. The van der Waals surface area contributed by atoms with Crippen molar-refractivity contribution in [2.75, 3.05) is 6.54 Å². The van der Waals surface area contributed by atoms with Gasteiger partial charge in [0.25, 0.3) is 0 Å². The molecule has 1 aromatic heterocycles. The maximum atomic E-state index is 3.90. The van der Waals surface area contributed by atoms with Crippen molar-refractivity contribution in [2.24, 2.45) is 5.92 Å². The third-order valence-electron chi connectivity index (χ3n) is 5.77. The van der Waals surface area contributed by atoms with Crippen molar-refractivity contribution in [3.05, 3.63) is 21.4 Å². The van der Waals surface area contributed by atoms with E-state index in [0.717, 1.165) is 24.5 Å². The summed E-state index contributed by atoms with van der Waals surface area (Å²) >= 11 is 2.06. The molecule has 21 heavy (non-hydrogen) atoms. The van der Waals surface area contributed by atoms with Crippen molar-refractivity contribution in [3.63, 3.8) is 0 Å². The molecule has 3 atom stereocenters. The van der Waals surface area contributed by atoms with E-state index >= 15 is 0 Å². The van der Waals surface area contributed by atoms with Crippen LogP contribution in [-0.4, -0.2) is 18.6 Å². The standard InChI is InChI=1S/C18H28N2S/c1-2-10-19-16(7-1)15-6-4-8-17(15)20-12-14-11-13-5-3-9-18(13)21-14/h11,15-17,19-20H,1-10,12H2. The fraction of sp³-hybridized carbons (Fsp3) is 0.778. The van der Waals surface area contributed by atoms with E-state index in [9.17, 15) is 0 Å². The zero-order valence-corrected chi connectivity index (χ0v) is 13.8. The third-order valence-corrected chi connectivity index (χ3v) is 7.01. The third kappa shape index (κ3) is 3.06. The second-order valence-electron chi connectivity index (χ2n) is 7.15. The fourth-order valence-corrected chi connectivity index (χ4v) is 5.89. The van der Waals surface area contributed by atoms with Gasteiger partial charge in [0.05, 0.1) is 0 Å². The number of rotatable bonds is 4. The van der Waals surface area contributed by atoms with Crippen molar-refractivity contribution in [3.8, 4) is 0 Å². The Morgan fingerprint density at radius 2 is 2.10 bits per heavy atom. The van der Waals surface area contributed by atoms with Crippen molar-refractivity contribution < 1.29 is 0 Å². The Morgan fingerprint density at radius 3 is 2.95 bits per heavy atom. The topological polar surface area (TPSA) is 24.1 Å². The first-order valence-corrected chi connectivity index (χ1v) is 9.79. The van der Waals surface area contributed by atoms with Crippen molar-refractivity contribution in [2.45, 2.75) is 76.4 Å². The highest BCUT2D eigenvalue weighted by molar-refractivity contribution is 7.12. The summed E-state index contributed by atoms with van der Waals surface area (Å²) < 4.78 is 0. The van der Waals surface area contributed by atoms with E-state index in [1.54, 1.807) is 15.3 Å². The summed E-state index contributed by atoms with van der Waals surface area (Å²) in [6, 6.07) is 4.01. The second-order valence-corrected chi connectivity index (χ2v) is 8.37. The summed E-state index contributed by atoms with van der Waals surface area (Å²) in [5.74, 6) is 0.872. The summed E-state index contributed by atoms with van der Waals surface area (Å²) in [6.07, 6.45) is 12.5. The predicted molar refractivity (Wildman–Crippen MR) is 90.0 cm³/mol. The fourth-order valence-electron chi connectivity index (χ4n) is 4.68. The molecule has 1 aliphatic heterocycles. The summed E-state index contributed by atoms with van der Waals surface area (Å²) in [6.45, 7) is 2.34. The van der Waals surface area contributed by atoms with Gasteiger partial charge < -0.3 is 10.6 Å². The smallest absolute Gasteiger partial charge is 0.0302 e. The normalized spacial score (nSPS) is 32.5. The number of piperidine rings is 1. The summed E-state index contributed by atoms with van der Waals surface area (Å²) in [5.41, 5.74) is 1.65. The van der Waals surface area contributed by atoms with Crippen LogP contribution in [0.3, 0.4) is 0 Å². The second kappa shape index (κ2) is 6.39. The zero-order valence-electron chi connectivity index (χ0n) is 13.0. The van der Waals surface area contributed by atoms with E-state index in [1.807, 2.05) is 0 Å². The molecule has 1 saturated heterocycles. The molecule has 2 nitrogen and oxygen atoms in total. The van der Waals surface area contributed by atoms with E-state index < -0.39 is 0 Å². The van der Waals surface area contributed by atoms with Gasteiger partial charge in [-0.05, 0) is 69.0 Å². The highest BCUT2D eigenvalue weighted by atomic mass is 32.1. The van der Waals surface area contributed by atoms with Crippen molar-refractivity contribution in [1.29, 1.82) is 0 Å². The van der Waals surface area contributed by atoms with E-state index in [0.29, 0.717) is 0 Å². The number of aryl methyl sites for hydroxylation is 2. The molecule has 1 saturated carbocycles. The molecule has 3 unspecified atom stereocenters. The summed E-state index contributed by atoms with van der Waals surface area (Å²) in [7, 11) is 0. The number of nitrogens with one attached hydrogen (secondary N) is 2. The molecular weight excluding hydrogens is 276 g/mol. The molecule has 3 heteroatoms. The SMILES string of the molecule is c1c(CNC2CCCC2C2CCCCN2)sc2c1CCC2. The van der Waals surface area contributed by atoms with E-state index in [-0.39, 0.29) is 0 Å². The molecule has 0 radical (unpaired) electrons. The Bertz CT molecular complexity index is 454. The number of hydrogen-bond donors (Lipinski definition) is 2. The zero-order chi connectivity index (χ0) is 14.1. The first kappa shape index (κ1) is 14.2. The molecule has 4 rings (SSSR count). The van der Waals surface area contributed by atoms with Gasteiger partial charge in [-0.3, -0.25) is 0 Å². The average Bonchev–Trinajstić information content (AvgIpc) is 3.21. The van der Waals surface area contributed by atoms with Gasteiger partial charge >= 0.3 is 0 Å². The Labute approximate surface area is 132 Å². The maximum Gasteiger partial charge on any atom is 0.0302 e. The Hall–Kier alpha value is -0.380. The molecule has 2 fully saturated rings. The van der Waals surface area contributed by atoms with Crippen LogP contribution in [0.25, 0.3) is 0 Å². The van der Waals surface area contributed by atoms with Crippen LogP contribution in [0.1, 0.15) is 60.3 Å². The van der Waals surface area contributed by atoms with Gasteiger partial charge in [-0.2, -0.15) is 0 Å². The molecule has 2 N–H and O–H groups in total. The monoisotopic (exact) mass is 304 g/mol. The molecule has 1 aromatic rings. The Morgan fingerprint density at radius 1 is 1.10 bits per heavy atom. The van der Waals surface area contributed by atoms with E-state index in [4.69, 9.17) is 0 Å². The van der Waals surface area contributed by atoms with Crippen LogP contribution in [0.2, 0.25) is 0 Å². The minimum atomic E-state index is 0.748. The van der Waals surface area contributed by atoms with Crippen LogP contribution < -0.4 is 10.6 Å². The number of hydrogen-bond acceptors (Lipinski definition) is 3. The lowest BCUT2D eigenvalue weighted by Gasteiger charge is -2.33. The molecule has 2 aliphatic carbocycles. The Balaban J connectivity index is 1.34. The van der Waals surface area contributed by atoms with Gasteiger partial charge in [0.1, 0.15) is 0 Å². The van der Waals surface area contributed by atoms with Crippen LogP contribution in [-0.2, 0) is 19.4 Å². The van der Waals surface area contributed by atoms with Crippen LogP contribution in [0.4, 0.5) is 0 Å². The number of fused-ring (bicyclic) bond motifs is 1. The lowest BCUT2D eigenvalue weighted by Crippen LogP contribution is -2.46. The van der Waals surface area contributed by atoms with Crippen LogP contribution in [0.5, 0.6) is 0 Å². The van der Waals surface area contributed by atoms with Crippen LogP contribution in [0, 0.1) is 5.92 Å². The largest absolute Gasteiger partial charge is 0.314 e. The van der Waals surface area contributed by atoms with Crippen molar-refractivity contribution >= 4 is 11.3 Å².